The lowest BCUT2D eigenvalue weighted by Crippen LogP contribution is -2.43. The van der Waals surface area contributed by atoms with Gasteiger partial charge in [0, 0.05) is 33.7 Å². The van der Waals surface area contributed by atoms with E-state index in [1.165, 1.54) is 0 Å². The van der Waals surface area contributed by atoms with E-state index >= 15 is 0 Å². The van der Waals surface area contributed by atoms with Crippen molar-refractivity contribution in [3.05, 3.63) is 30.1 Å². The summed E-state index contributed by atoms with van der Waals surface area (Å²) >= 11 is 0. The topological polar surface area (TPSA) is 73.7 Å². The number of likely N-dealkylation sites (tertiary alicyclic amines) is 1. The van der Waals surface area contributed by atoms with Crippen LogP contribution in [0.4, 0.5) is 4.79 Å². The number of fused-ring (bicyclic) bond motifs is 1. The average Bonchev–Trinajstić information content (AvgIpc) is 3.07. The van der Waals surface area contributed by atoms with Gasteiger partial charge in [-0.2, -0.15) is 0 Å². The van der Waals surface area contributed by atoms with Crippen LogP contribution in [0.5, 0.6) is 0 Å². The van der Waals surface area contributed by atoms with Gasteiger partial charge < -0.3 is 14.4 Å². The number of carbonyl (C=O) groups is 2. The van der Waals surface area contributed by atoms with Crippen molar-refractivity contribution in [2.45, 2.75) is 71.6 Å². The quantitative estimate of drug-likeness (QED) is 0.324. The summed E-state index contributed by atoms with van der Waals surface area (Å²) in [5.41, 5.74) is 1.19. The molecular formula is C24H37N3O4Si. The number of amides is 1. The predicted molar refractivity (Wildman–Crippen MR) is 129 cm³/mol. The van der Waals surface area contributed by atoms with Gasteiger partial charge >= 0.3 is 6.09 Å². The number of rotatable bonds is 7. The summed E-state index contributed by atoms with van der Waals surface area (Å²) in [6.45, 7) is 14.6. The van der Waals surface area contributed by atoms with Gasteiger partial charge in [-0.05, 0) is 51.8 Å². The molecule has 2 aromatic rings. The molecule has 1 aliphatic heterocycles. The monoisotopic (exact) mass is 459 g/mol. The van der Waals surface area contributed by atoms with Crippen molar-refractivity contribution in [2.24, 2.45) is 5.92 Å². The van der Waals surface area contributed by atoms with Crippen LogP contribution < -0.4 is 0 Å². The first-order valence-electron chi connectivity index (χ1n) is 11.5. The van der Waals surface area contributed by atoms with E-state index < -0.39 is 13.7 Å². The number of carbonyl (C=O) groups excluding carboxylic acids is 2. The molecule has 32 heavy (non-hydrogen) atoms. The van der Waals surface area contributed by atoms with Crippen molar-refractivity contribution in [1.29, 1.82) is 0 Å². The Labute approximate surface area is 192 Å². The minimum Gasteiger partial charge on any atom is -0.444 e. The average molecular weight is 460 g/mol. The van der Waals surface area contributed by atoms with Crippen LogP contribution in [0.25, 0.3) is 11.0 Å². The molecule has 7 nitrogen and oxygen atoms in total. The number of imidazole rings is 1. The molecule has 1 aromatic carbocycles. The van der Waals surface area contributed by atoms with Crippen molar-refractivity contribution in [2.75, 3.05) is 19.7 Å². The Bertz CT molecular complexity index is 950. The fourth-order valence-electron chi connectivity index (χ4n) is 3.76. The molecule has 0 N–H and O–H groups in total. The van der Waals surface area contributed by atoms with E-state index in [-0.39, 0.29) is 17.8 Å². The van der Waals surface area contributed by atoms with Crippen molar-refractivity contribution in [3.63, 3.8) is 0 Å². The standard InChI is InChI=1S/C24H37N3O4Si/c1-24(2,3)31-23(29)26-13-11-18(12-14-26)21(28)22-25-19-9-7-8-10-20(19)27(22)17-30-15-16-32(4,5)6/h7-10,18H,11-17H2,1-6H3. The third-order valence-corrected chi connectivity index (χ3v) is 7.31. The maximum atomic E-state index is 13.4. The third kappa shape index (κ3) is 6.42. The van der Waals surface area contributed by atoms with E-state index in [1.54, 1.807) is 4.90 Å². The Morgan fingerprint density at radius 2 is 1.78 bits per heavy atom. The minimum absolute atomic E-state index is 0.0267. The highest BCUT2D eigenvalue weighted by Gasteiger charge is 2.32. The summed E-state index contributed by atoms with van der Waals surface area (Å²) in [4.78, 5) is 32.1. The number of ketones is 1. The number of piperidine rings is 1. The molecule has 1 aromatic heterocycles. The summed E-state index contributed by atoms with van der Waals surface area (Å²) < 4.78 is 13.3. The van der Waals surface area contributed by atoms with Gasteiger partial charge in [-0.25, -0.2) is 9.78 Å². The van der Waals surface area contributed by atoms with Crippen LogP contribution in [0.3, 0.4) is 0 Å². The first kappa shape index (κ1) is 24.4. The van der Waals surface area contributed by atoms with E-state index in [0.717, 1.165) is 17.1 Å². The highest BCUT2D eigenvalue weighted by Crippen LogP contribution is 2.25. The van der Waals surface area contributed by atoms with Crippen LogP contribution in [0, 0.1) is 5.92 Å². The molecule has 0 radical (unpaired) electrons. The Morgan fingerprint density at radius 1 is 1.12 bits per heavy atom. The number of ether oxygens (including phenoxy) is 2. The molecule has 1 fully saturated rings. The summed E-state index contributed by atoms with van der Waals surface area (Å²) in [5.74, 6) is 0.319. The van der Waals surface area contributed by atoms with Gasteiger partial charge in [-0.3, -0.25) is 9.36 Å². The maximum Gasteiger partial charge on any atom is 0.410 e. The molecule has 0 unspecified atom stereocenters. The molecule has 2 heterocycles. The Kier molecular flexibility index (Phi) is 7.45. The first-order valence-corrected chi connectivity index (χ1v) is 15.2. The number of hydrogen-bond donors (Lipinski definition) is 0. The molecule has 0 spiro atoms. The second-order valence-corrected chi connectivity index (χ2v) is 16.4. The maximum absolute atomic E-state index is 13.4. The molecule has 3 rings (SSSR count). The van der Waals surface area contributed by atoms with Crippen LogP contribution in [0.1, 0.15) is 44.2 Å². The summed E-state index contributed by atoms with van der Waals surface area (Å²) in [7, 11) is -1.19. The summed E-state index contributed by atoms with van der Waals surface area (Å²) in [6, 6.07) is 8.86. The van der Waals surface area contributed by atoms with Gasteiger partial charge in [-0.1, -0.05) is 31.8 Å². The van der Waals surface area contributed by atoms with E-state index in [2.05, 4.69) is 24.6 Å². The normalized spacial score (nSPS) is 15.9. The number of Topliss-reactive ketones (excluding diaryl/α,β-unsaturated/α-hetero) is 1. The molecule has 1 saturated heterocycles. The zero-order valence-corrected chi connectivity index (χ0v) is 21.3. The van der Waals surface area contributed by atoms with Crippen molar-refractivity contribution < 1.29 is 19.1 Å². The number of nitrogens with zero attached hydrogens (tertiary/aromatic N) is 3. The van der Waals surface area contributed by atoms with Crippen LogP contribution in [0.2, 0.25) is 25.7 Å². The van der Waals surface area contributed by atoms with Crippen LogP contribution in [0.15, 0.2) is 24.3 Å². The van der Waals surface area contributed by atoms with Crippen LogP contribution >= 0.6 is 0 Å². The van der Waals surface area contributed by atoms with E-state index in [0.29, 0.717) is 45.1 Å². The molecule has 0 bridgehead atoms. The van der Waals surface area contributed by atoms with Gasteiger partial charge in [-0.15, -0.1) is 0 Å². The molecule has 1 aliphatic rings. The molecule has 0 saturated carbocycles. The van der Waals surface area contributed by atoms with Gasteiger partial charge in [0.05, 0.1) is 11.0 Å². The lowest BCUT2D eigenvalue weighted by Gasteiger charge is -2.32. The molecule has 8 heteroatoms. The third-order valence-electron chi connectivity index (χ3n) is 5.61. The molecule has 0 aliphatic carbocycles. The number of hydrogen-bond acceptors (Lipinski definition) is 5. The zero-order valence-electron chi connectivity index (χ0n) is 20.3. The summed E-state index contributed by atoms with van der Waals surface area (Å²) in [5, 5.41) is 0. The van der Waals surface area contributed by atoms with Crippen LogP contribution in [-0.4, -0.2) is 59.7 Å². The number of aromatic nitrogens is 2. The fourth-order valence-corrected chi connectivity index (χ4v) is 4.52. The van der Waals surface area contributed by atoms with Crippen molar-refractivity contribution in [1.82, 2.24) is 14.5 Å². The smallest absolute Gasteiger partial charge is 0.410 e. The highest BCUT2D eigenvalue weighted by atomic mass is 28.3. The molecule has 0 atom stereocenters. The number of para-hydroxylation sites is 2. The fraction of sp³-hybridized carbons (Fsp3) is 0.625. The molecule has 176 valence electrons. The largest absolute Gasteiger partial charge is 0.444 e. The first-order chi connectivity index (χ1) is 14.9. The lowest BCUT2D eigenvalue weighted by molar-refractivity contribution is 0.0181. The highest BCUT2D eigenvalue weighted by molar-refractivity contribution is 6.76. The molecule has 1 amide bonds. The predicted octanol–water partition coefficient (Wildman–Crippen LogP) is 5.18. The van der Waals surface area contributed by atoms with E-state index in [4.69, 9.17) is 9.47 Å². The molecular weight excluding hydrogens is 422 g/mol. The SMILES string of the molecule is CC(C)(C)OC(=O)N1CCC(C(=O)c2nc3ccccc3n2COCC[Si](C)(C)C)CC1. The minimum atomic E-state index is -1.19. The zero-order chi connectivity index (χ0) is 23.5. The Balaban J connectivity index is 1.69. The van der Waals surface area contributed by atoms with Crippen molar-refractivity contribution >= 4 is 31.0 Å². The Hall–Kier alpha value is -2.19. The van der Waals surface area contributed by atoms with Gasteiger partial charge in [0.25, 0.3) is 0 Å². The van der Waals surface area contributed by atoms with Gasteiger partial charge in [0.1, 0.15) is 12.3 Å². The van der Waals surface area contributed by atoms with Gasteiger partial charge in [0.15, 0.2) is 5.82 Å². The second-order valence-electron chi connectivity index (χ2n) is 10.8. The summed E-state index contributed by atoms with van der Waals surface area (Å²) in [6.07, 6.45) is 0.904. The van der Waals surface area contributed by atoms with Crippen molar-refractivity contribution in [3.8, 4) is 0 Å². The van der Waals surface area contributed by atoms with Gasteiger partial charge in [0.2, 0.25) is 5.78 Å². The lowest BCUT2D eigenvalue weighted by atomic mass is 9.92. The van der Waals surface area contributed by atoms with E-state index in [1.807, 2.05) is 49.6 Å². The van der Waals surface area contributed by atoms with Crippen LogP contribution in [-0.2, 0) is 16.2 Å². The number of benzene rings is 1. The Morgan fingerprint density at radius 3 is 2.41 bits per heavy atom. The second kappa shape index (κ2) is 9.75. The van der Waals surface area contributed by atoms with E-state index in [9.17, 15) is 9.59 Å².